The second-order valence-corrected chi connectivity index (χ2v) is 7.98. The molecule has 1 saturated heterocycles. The van der Waals surface area contributed by atoms with Gasteiger partial charge >= 0.3 is 0 Å². The van der Waals surface area contributed by atoms with Crippen LogP contribution in [0.2, 0.25) is 0 Å². The molecule has 0 aromatic heterocycles. The van der Waals surface area contributed by atoms with Crippen LogP contribution >= 0.6 is 15.9 Å². The van der Waals surface area contributed by atoms with Gasteiger partial charge in [0, 0.05) is 42.4 Å². The quantitative estimate of drug-likeness (QED) is 0.886. The molecule has 0 aliphatic carbocycles. The summed E-state index contributed by atoms with van der Waals surface area (Å²) >= 11 is 3.54. The molecule has 0 saturated carbocycles. The first-order chi connectivity index (χ1) is 9.29. The summed E-state index contributed by atoms with van der Waals surface area (Å²) in [5.74, 6) is 0. The van der Waals surface area contributed by atoms with Crippen LogP contribution in [0.25, 0.3) is 0 Å². The molecule has 2 N–H and O–H groups in total. The van der Waals surface area contributed by atoms with Crippen LogP contribution < -0.4 is 10.6 Å². The molecule has 1 fully saturated rings. The summed E-state index contributed by atoms with van der Waals surface area (Å²) in [5.41, 5.74) is 8.06. The van der Waals surface area contributed by atoms with E-state index in [1.54, 1.807) is 0 Å². The van der Waals surface area contributed by atoms with Gasteiger partial charge in [-0.3, -0.25) is 0 Å². The lowest BCUT2D eigenvalue weighted by Gasteiger charge is -2.35. The topological polar surface area (TPSA) is 66.6 Å². The van der Waals surface area contributed by atoms with Crippen molar-refractivity contribution >= 4 is 31.6 Å². The third-order valence-electron chi connectivity index (χ3n) is 3.55. The summed E-state index contributed by atoms with van der Waals surface area (Å²) < 4.78 is 25.5. The lowest BCUT2D eigenvalue weighted by Crippen LogP contribution is -2.48. The van der Waals surface area contributed by atoms with Gasteiger partial charge < -0.3 is 10.6 Å². The van der Waals surface area contributed by atoms with Crippen LogP contribution in [0, 0.1) is 0 Å². The van der Waals surface area contributed by atoms with Crippen LogP contribution in [0.15, 0.2) is 22.7 Å². The minimum Gasteiger partial charge on any atom is -0.369 e. The molecular formula is C13H20BrN3O2S. The molecule has 2 rings (SSSR count). The summed E-state index contributed by atoms with van der Waals surface area (Å²) in [6.45, 7) is 4.43. The molecule has 0 spiro atoms. The number of benzene rings is 1. The molecule has 20 heavy (non-hydrogen) atoms. The number of anilines is 1. The molecule has 1 atom stereocenters. The maximum absolute atomic E-state index is 11.5. The SMILES string of the molecule is C[C@H](N)c1ccc(N2CCN(S(C)(=O)=O)CC2)cc1Br. The van der Waals surface area contributed by atoms with E-state index in [9.17, 15) is 8.42 Å². The van der Waals surface area contributed by atoms with E-state index in [1.807, 2.05) is 19.1 Å². The Labute approximate surface area is 128 Å². The number of nitrogens with two attached hydrogens (primary N) is 1. The van der Waals surface area contributed by atoms with Crippen molar-refractivity contribution in [3.63, 3.8) is 0 Å². The van der Waals surface area contributed by atoms with Crippen molar-refractivity contribution in [3.05, 3.63) is 28.2 Å². The highest BCUT2D eigenvalue weighted by Gasteiger charge is 2.23. The van der Waals surface area contributed by atoms with Crippen molar-refractivity contribution in [3.8, 4) is 0 Å². The largest absolute Gasteiger partial charge is 0.369 e. The number of piperazine rings is 1. The Hall–Kier alpha value is -0.630. The predicted octanol–water partition coefficient (Wildman–Crippen LogP) is 1.55. The van der Waals surface area contributed by atoms with Crippen LogP contribution in [-0.4, -0.2) is 45.2 Å². The number of sulfonamides is 1. The molecule has 7 heteroatoms. The van der Waals surface area contributed by atoms with E-state index in [0.717, 1.165) is 15.7 Å². The number of rotatable bonds is 3. The molecule has 0 bridgehead atoms. The Morgan fingerprint density at radius 3 is 2.30 bits per heavy atom. The van der Waals surface area contributed by atoms with E-state index < -0.39 is 10.0 Å². The standard InChI is InChI=1S/C13H20BrN3O2S/c1-10(15)12-4-3-11(9-13(12)14)16-5-7-17(8-6-16)20(2,18)19/h3-4,9-10H,5-8,15H2,1-2H3/t10-/m0/s1. The van der Waals surface area contributed by atoms with Gasteiger partial charge in [0.1, 0.15) is 0 Å². The molecular weight excluding hydrogens is 342 g/mol. The average Bonchev–Trinajstić information content (AvgIpc) is 2.37. The average molecular weight is 362 g/mol. The van der Waals surface area contributed by atoms with E-state index >= 15 is 0 Å². The molecule has 1 heterocycles. The smallest absolute Gasteiger partial charge is 0.211 e. The Kier molecular flexibility index (Phi) is 4.73. The minimum absolute atomic E-state index is 0.0134. The Morgan fingerprint density at radius 1 is 1.25 bits per heavy atom. The normalized spacial score (nSPS) is 19.1. The van der Waals surface area contributed by atoms with Crippen LogP contribution in [0.4, 0.5) is 5.69 Å². The highest BCUT2D eigenvalue weighted by Crippen LogP contribution is 2.28. The fraction of sp³-hybridized carbons (Fsp3) is 0.538. The van der Waals surface area contributed by atoms with E-state index in [1.165, 1.54) is 10.6 Å². The van der Waals surface area contributed by atoms with Gasteiger partial charge in [-0.25, -0.2) is 8.42 Å². The van der Waals surface area contributed by atoms with Gasteiger partial charge in [-0.1, -0.05) is 22.0 Å². The number of hydrogen-bond acceptors (Lipinski definition) is 4. The lowest BCUT2D eigenvalue weighted by atomic mass is 10.1. The molecule has 1 aromatic rings. The summed E-state index contributed by atoms with van der Waals surface area (Å²) in [4.78, 5) is 2.19. The second-order valence-electron chi connectivity index (χ2n) is 5.14. The second kappa shape index (κ2) is 6.01. The fourth-order valence-corrected chi connectivity index (χ4v) is 3.91. The van der Waals surface area contributed by atoms with Crippen molar-refractivity contribution in [1.29, 1.82) is 0 Å². The molecule has 0 unspecified atom stereocenters. The van der Waals surface area contributed by atoms with Crippen molar-refractivity contribution < 1.29 is 8.42 Å². The van der Waals surface area contributed by atoms with Gasteiger partial charge in [0.25, 0.3) is 0 Å². The summed E-state index contributed by atoms with van der Waals surface area (Å²) in [6.07, 6.45) is 1.26. The Bertz CT molecular complexity index is 581. The third-order valence-corrected chi connectivity index (χ3v) is 5.54. The van der Waals surface area contributed by atoms with Gasteiger partial charge in [0.15, 0.2) is 0 Å². The molecule has 1 aromatic carbocycles. The zero-order valence-electron chi connectivity index (χ0n) is 11.7. The maximum atomic E-state index is 11.5. The molecule has 0 radical (unpaired) electrons. The molecule has 1 aliphatic rings. The van der Waals surface area contributed by atoms with Crippen LogP contribution in [-0.2, 0) is 10.0 Å². The number of nitrogens with zero attached hydrogens (tertiary/aromatic N) is 2. The lowest BCUT2D eigenvalue weighted by molar-refractivity contribution is 0.388. The predicted molar refractivity (Wildman–Crippen MR) is 85.4 cm³/mol. The molecule has 112 valence electrons. The summed E-state index contributed by atoms with van der Waals surface area (Å²) in [6, 6.07) is 6.10. The molecule has 1 aliphatic heterocycles. The van der Waals surface area contributed by atoms with Crippen molar-refractivity contribution in [2.24, 2.45) is 5.73 Å². The van der Waals surface area contributed by atoms with Gasteiger partial charge in [-0.15, -0.1) is 0 Å². The Morgan fingerprint density at radius 2 is 1.85 bits per heavy atom. The van der Waals surface area contributed by atoms with Crippen molar-refractivity contribution in [2.75, 3.05) is 37.3 Å². The molecule has 5 nitrogen and oxygen atoms in total. The first-order valence-corrected chi connectivity index (χ1v) is 9.18. The zero-order chi connectivity index (χ0) is 14.9. The third kappa shape index (κ3) is 3.52. The monoisotopic (exact) mass is 361 g/mol. The highest BCUT2D eigenvalue weighted by atomic mass is 79.9. The van der Waals surface area contributed by atoms with E-state index in [2.05, 4.69) is 26.9 Å². The molecule has 0 amide bonds. The number of halogens is 1. The van der Waals surface area contributed by atoms with Gasteiger partial charge in [-0.05, 0) is 24.6 Å². The summed E-state index contributed by atoms with van der Waals surface area (Å²) in [7, 11) is -3.08. The summed E-state index contributed by atoms with van der Waals surface area (Å²) in [5, 5.41) is 0. The van der Waals surface area contributed by atoms with Crippen LogP contribution in [0.5, 0.6) is 0 Å². The van der Waals surface area contributed by atoms with Crippen LogP contribution in [0.1, 0.15) is 18.5 Å². The van der Waals surface area contributed by atoms with E-state index in [4.69, 9.17) is 5.73 Å². The maximum Gasteiger partial charge on any atom is 0.211 e. The van der Waals surface area contributed by atoms with Crippen molar-refractivity contribution in [2.45, 2.75) is 13.0 Å². The van der Waals surface area contributed by atoms with Gasteiger partial charge in [-0.2, -0.15) is 4.31 Å². The first kappa shape index (κ1) is 15.8. The first-order valence-electron chi connectivity index (χ1n) is 6.54. The van der Waals surface area contributed by atoms with Crippen molar-refractivity contribution in [1.82, 2.24) is 4.31 Å². The fourth-order valence-electron chi connectivity index (χ4n) is 2.36. The van der Waals surface area contributed by atoms with Gasteiger partial charge in [0.05, 0.1) is 6.26 Å². The van der Waals surface area contributed by atoms with Crippen LogP contribution in [0.3, 0.4) is 0 Å². The van der Waals surface area contributed by atoms with Gasteiger partial charge in [0.2, 0.25) is 10.0 Å². The van der Waals surface area contributed by atoms with E-state index in [-0.39, 0.29) is 6.04 Å². The zero-order valence-corrected chi connectivity index (χ0v) is 14.1. The number of hydrogen-bond donors (Lipinski definition) is 1. The highest BCUT2D eigenvalue weighted by molar-refractivity contribution is 9.10. The minimum atomic E-state index is -3.08. The van der Waals surface area contributed by atoms with E-state index in [0.29, 0.717) is 26.2 Å². The Balaban J connectivity index is 2.10.